The molecule has 204 valence electrons. The Kier molecular flexibility index (Phi) is 5.93. The van der Waals surface area contributed by atoms with E-state index >= 15 is 0 Å². The van der Waals surface area contributed by atoms with Gasteiger partial charge in [0.1, 0.15) is 16.9 Å². The van der Waals surface area contributed by atoms with Crippen molar-refractivity contribution in [2.75, 3.05) is 0 Å². The number of pyridine rings is 2. The van der Waals surface area contributed by atoms with Gasteiger partial charge in [0.2, 0.25) is 5.71 Å². The van der Waals surface area contributed by atoms with Crippen LogP contribution in [-0.4, -0.2) is 19.5 Å². The normalized spacial score (nSPS) is 12.3. The van der Waals surface area contributed by atoms with Crippen LogP contribution < -0.4 is 0 Å². The number of benzene rings is 3. The Morgan fingerprint density at radius 2 is 1.54 bits per heavy atom. The molecule has 0 saturated carbocycles. The van der Waals surface area contributed by atoms with E-state index in [-0.39, 0.29) is 0 Å². The first-order valence-corrected chi connectivity index (χ1v) is 14.5. The molecule has 0 atom stereocenters. The first kappa shape index (κ1) is 25.5. The van der Waals surface area contributed by atoms with Crippen LogP contribution in [0.25, 0.3) is 61.0 Å². The highest BCUT2D eigenvalue weighted by Gasteiger charge is 2.26. The SMILES string of the molecule is CC(C)c1ccc2c(n1)oc1c(-c3nc4cnccc4n3-c3c(C(C)C)cc4ccccc4c3C(C)C)cccc12. The van der Waals surface area contributed by atoms with Gasteiger partial charge in [0.05, 0.1) is 23.0 Å². The number of furan rings is 1. The summed E-state index contributed by atoms with van der Waals surface area (Å²) in [5.41, 5.74) is 9.14. The van der Waals surface area contributed by atoms with Gasteiger partial charge in [-0.25, -0.2) is 9.97 Å². The molecule has 5 heteroatoms. The molecule has 0 bridgehead atoms. The second-order valence-corrected chi connectivity index (χ2v) is 11.9. The predicted molar refractivity (Wildman–Crippen MR) is 169 cm³/mol. The third-order valence-electron chi connectivity index (χ3n) is 8.19. The van der Waals surface area contributed by atoms with Crippen molar-refractivity contribution >= 4 is 43.9 Å². The summed E-state index contributed by atoms with van der Waals surface area (Å²) in [7, 11) is 0. The molecular formula is C36H34N4O. The Balaban J connectivity index is 1.62. The molecule has 0 aliphatic heterocycles. The maximum absolute atomic E-state index is 6.56. The van der Waals surface area contributed by atoms with Gasteiger partial charge in [-0.05, 0) is 70.0 Å². The lowest BCUT2D eigenvalue weighted by Crippen LogP contribution is -2.09. The molecule has 5 nitrogen and oxygen atoms in total. The fourth-order valence-electron chi connectivity index (χ4n) is 6.19. The van der Waals surface area contributed by atoms with Gasteiger partial charge in [0, 0.05) is 22.7 Å². The Morgan fingerprint density at radius 1 is 0.732 bits per heavy atom. The fourth-order valence-corrected chi connectivity index (χ4v) is 6.19. The van der Waals surface area contributed by atoms with Crippen molar-refractivity contribution in [3.05, 3.63) is 95.9 Å². The van der Waals surface area contributed by atoms with Gasteiger partial charge in [-0.1, -0.05) is 77.9 Å². The van der Waals surface area contributed by atoms with Crippen LogP contribution in [0, 0.1) is 0 Å². The van der Waals surface area contributed by atoms with Crippen LogP contribution in [0.15, 0.2) is 83.5 Å². The molecule has 0 amide bonds. The molecule has 4 aromatic heterocycles. The number of aromatic nitrogens is 4. The summed E-state index contributed by atoms with van der Waals surface area (Å²) in [6.45, 7) is 13.4. The molecule has 3 aromatic carbocycles. The zero-order valence-corrected chi connectivity index (χ0v) is 24.4. The van der Waals surface area contributed by atoms with Gasteiger partial charge in [0.25, 0.3) is 0 Å². The van der Waals surface area contributed by atoms with Crippen molar-refractivity contribution < 1.29 is 4.42 Å². The summed E-state index contributed by atoms with van der Waals surface area (Å²) < 4.78 is 8.91. The molecular weight excluding hydrogens is 504 g/mol. The molecule has 0 unspecified atom stereocenters. The van der Waals surface area contributed by atoms with Crippen molar-refractivity contribution in [3.63, 3.8) is 0 Å². The first-order chi connectivity index (χ1) is 19.8. The van der Waals surface area contributed by atoms with Crippen molar-refractivity contribution in [1.82, 2.24) is 19.5 Å². The van der Waals surface area contributed by atoms with E-state index in [9.17, 15) is 0 Å². The standard InChI is InChI=1S/C36H34N4O/c1-20(2)28-18-23-10-7-8-11-24(23)32(22(5)6)33(28)40-31-16-17-37-19-30(31)38-35(40)27-13-9-12-25-26-14-15-29(21(3)4)39-36(26)41-34(25)27/h7-22H,1-6H3. The van der Waals surface area contributed by atoms with E-state index in [1.165, 1.54) is 27.6 Å². The fraction of sp³-hybridized carbons (Fsp3) is 0.250. The summed E-state index contributed by atoms with van der Waals surface area (Å²) in [6, 6.07) is 23.7. The summed E-state index contributed by atoms with van der Waals surface area (Å²) in [6.07, 6.45) is 3.71. The zero-order valence-electron chi connectivity index (χ0n) is 24.4. The van der Waals surface area contributed by atoms with Gasteiger partial charge in [-0.3, -0.25) is 9.55 Å². The lowest BCUT2D eigenvalue weighted by molar-refractivity contribution is 0.648. The Bertz CT molecular complexity index is 2090. The van der Waals surface area contributed by atoms with E-state index in [1.807, 2.05) is 12.4 Å². The third kappa shape index (κ3) is 3.94. The van der Waals surface area contributed by atoms with Crippen LogP contribution in [0.3, 0.4) is 0 Å². The Hall–Kier alpha value is -4.51. The number of rotatable bonds is 5. The molecule has 0 spiro atoms. The van der Waals surface area contributed by atoms with E-state index in [0.717, 1.165) is 44.5 Å². The third-order valence-corrected chi connectivity index (χ3v) is 8.19. The summed E-state index contributed by atoms with van der Waals surface area (Å²) in [5.74, 6) is 1.77. The average molecular weight is 539 g/mol. The molecule has 0 aliphatic rings. The van der Waals surface area contributed by atoms with Gasteiger partial charge >= 0.3 is 0 Å². The van der Waals surface area contributed by atoms with E-state index in [4.69, 9.17) is 14.4 Å². The monoisotopic (exact) mass is 538 g/mol. The van der Waals surface area contributed by atoms with Crippen LogP contribution in [0.5, 0.6) is 0 Å². The van der Waals surface area contributed by atoms with Gasteiger partial charge in [0.15, 0.2) is 0 Å². The molecule has 0 radical (unpaired) electrons. The molecule has 7 rings (SSSR count). The van der Waals surface area contributed by atoms with Crippen LogP contribution in [0.4, 0.5) is 0 Å². The van der Waals surface area contributed by atoms with E-state index < -0.39 is 0 Å². The molecule has 0 aliphatic carbocycles. The van der Waals surface area contributed by atoms with E-state index in [2.05, 4.69) is 118 Å². The minimum Gasteiger partial charge on any atom is -0.437 e. The number of imidazole rings is 1. The second-order valence-electron chi connectivity index (χ2n) is 11.9. The zero-order chi connectivity index (χ0) is 28.4. The predicted octanol–water partition coefficient (Wildman–Crippen LogP) is 9.91. The van der Waals surface area contributed by atoms with E-state index in [0.29, 0.717) is 23.5 Å². The van der Waals surface area contributed by atoms with E-state index in [1.54, 1.807) is 0 Å². The van der Waals surface area contributed by atoms with Gasteiger partial charge < -0.3 is 4.42 Å². The minimum atomic E-state index is 0.293. The number of hydrogen-bond donors (Lipinski definition) is 0. The topological polar surface area (TPSA) is 56.7 Å². The molecule has 4 heterocycles. The van der Waals surface area contributed by atoms with Crippen molar-refractivity contribution in [2.24, 2.45) is 0 Å². The summed E-state index contributed by atoms with van der Waals surface area (Å²) in [5, 5.41) is 4.61. The summed E-state index contributed by atoms with van der Waals surface area (Å²) in [4.78, 5) is 14.5. The largest absolute Gasteiger partial charge is 0.437 e. The van der Waals surface area contributed by atoms with Crippen molar-refractivity contribution in [1.29, 1.82) is 0 Å². The van der Waals surface area contributed by atoms with Crippen LogP contribution in [0.2, 0.25) is 0 Å². The Labute approximate surface area is 239 Å². The minimum absolute atomic E-state index is 0.293. The number of para-hydroxylation sites is 1. The average Bonchev–Trinajstić information content (AvgIpc) is 3.54. The van der Waals surface area contributed by atoms with Crippen LogP contribution in [-0.2, 0) is 0 Å². The highest BCUT2D eigenvalue weighted by Crippen LogP contribution is 2.43. The van der Waals surface area contributed by atoms with Crippen LogP contribution >= 0.6 is 0 Å². The molecule has 7 aromatic rings. The van der Waals surface area contributed by atoms with Crippen molar-refractivity contribution in [2.45, 2.75) is 59.3 Å². The highest BCUT2D eigenvalue weighted by atomic mass is 16.3. The highest BCUT2D eigenvalue weighted by molar-refractivity contribution is 6.08. The lowest BCUT2D eigenvalue weighted by Gasteiger charge is -2.25. The molecule has 41 heavy (non-hydrogen) atoms. The Morgan fingerprint density at radius 3 is 2.32 bits per heavy atom. The molecule has 0 saturated heterocycles. The maximum Gasteiger partial charge on any atom is 0.227 e. The summed E-state index contributed by atoms with van der Waals surface area (Å²) >= 11 is 0. The second kappa shape index (κ2) is 9.55. The van der Waals surface area contributed by atoms with Gasteiger partial charge in [-0.2, -0.15) is 0 Å². The lowest BCUT2D eigenvalue weighted by atomic mass is 9.87. The number of nitrogens with zero attached hydrogens (tertiary/aromatic N) is 4. The smallest absolute Gasteiger partial charge is 0.227 e. The molecule has 0 fully saturated rings. The quantitative estimate of drug-likeness (QED) is 0.219. The number of fused-ring (bicyclic) bond motifs is 5. The van der Waals surface area contributed by atoms with Crippen molar-refractivity contribution in [3.8, 4) is 17.1 Å². The maximum atomic E-state index is 6.56. The first-order valence-electron chi connectivity index (χ1n) is 14.5. The molecule has 0 N–H and O–H groups in total. The van der Waals surface area contributed by atoms with Gasteiger partial charge in [-0.15, -0.1) is 0 Å². The van der Waals surface area contributed by atoms with Crippen LogP contribution in [0.1, 0.15) is 76.1 Å². The number of hydrogen-bond acceptors (Lipinski definition) is 4.